The number of nitrogens with zero attached hydrogens (tertiary/aromatic N) is 1. The molecule has 1 aliphatic rings. The molecule has 1 fully saturated rings. The highest BCUT2D eigenvalue weighted by Crippen LogP contribution is 2.35. The SMILES string of the molecule is CCCC1CC1NC(=O)c1c(F)ccc([N+](=O)[O-])c1F. The van der Waals surface area contributed by atoms with Gasteiger partial charge in [0.25, 0.3) is 5.91 Å². The fourth-order valence-corrected chi connectivity index (χ4v) is 2.25. The largest absolute Gasteiger partial charge is 0.349 e. The quantitative estimate of drug-likeness (QED) is 0.667. The van der Waals surface area contributed by atoms with Crippen molar-refractivity contribution in [2.75, 3.05) is 0 Å². The van der Waals surface area contributed by atoms with Crippen molar-refractivity contribution in [1.82, 2.24) is 5.32 Å². The molecule has 7 heteroatoms. The van der Waals surface area contributed by atoms with E-state index in [1.807, 2.05) is 6.92 Å². The molecule has 0 aliphatic heterocycles. The Kier molecular flexibility index (Phi) is 3.96. The van der Waals surface area contributed by atoms with Crippen LogP contribution >= 0.6 is 0 Å². The highest BCUT2D eigenvalue weighted by atomic mass is 19.1. The van der Waals surface area contributed by atoms with Gasteiger partial charge in [-0.05, 0) is 24.8 Å². The lowest BCUT2D eigenvalue weighted by Gasteiger charge is -2.07. The first-order valence-corrected chi connectivity index (χ1v) is 6.39. The summed E-state index contributed by atoms with van der Waals surface area (Å²) in [6, 6.07) is 1.34. The summed E-state index contributed by atoms with van der Waals surface area (Å²) in [5.41, 5.74) is -1.79. The van der Waals surface area contributed by atoms with E-state index in [-0.39, 0.29) is 6.04 Å². The second kappa shape index (κ2) is 5.52. The zero-order valence-electron chi connectivity index (χ0n) is 10.9. The highest BCUT2D eigenvalue weighted by molar-refractivity contribution is 5.95. The Balaban J connectivity index is 2.18. The number of halogens is 2. The Morgan fingerprint density at radius 1 is 1.50 bits per heavy atom. The molecule has 20 heavy (non-hydrogen) atoms. The van der Waals surface area contributed by atoms with E-state index in [4.69, 9.17) is 0 Å². The molecule has 0 aromatic heterocycles. The third-order valence-corrected chi connectivity index (χ3v) is 3.39. The second-order valence-corrected chi connectivity index (χ2v) is 4.88. The Morgan fingerprint density at radius 3 is 2.80 bits per heavy atom. The Labute approximate surface area is 114 Å². The lowest BCUT2D eigenvalue weighted by Crippen LogP contribution is -2.29. The highest BCUT2D eigenvalue weighted by Gasteiger charge is 2.38. The van der Waals surface area contributed by atoms with Crippen molar-refractivity contribution in [2.45, 2.75) is 32.2 Å². The molecule has 1 aliphatic carbocycles. The maximum atomic E-state index is 13.8. The number of nitrogens with one attached hydrogen (secondary N) is 1. The van der Waals surface area contributed by atoms with Gasteiger partial charge in [-0.2, -0.15) is 4.39 Å². The van der Waals surface area contributed by atoms with Gasteiger partial charge in [0.2, 0.25) is 5.82 Å². The van der Waals surface area contributed by atoms with Crippen molar-refractivity contribution in [2.24, 2.45) is 5.92 Å². The number of hydrogen-bond donors (Lipinski definition) is 1. The number of amides is 1. The number of nitro benzene ring substituents is 1. The van der Waals surface area contributed by atoms with Gasteiger partial charge in [-0.1, -0.05) is 13.3 Å². The summed E-state index contributed by atoms with van der Waals surface area (Å²) in [7, 11) is 0. The van der Waals surface area contributed by atoms with Crippen molar-refractivity contribution in [3.8, 4) is 0 Å². The molecule has 5 nitrogen and oxygen atoms in total. The molecule has 1 amide bonds. The lowest BCUT2D eigenvalue weighted by atomic mass is 10.1. The first-order valence-electron chi connectivity index (χ1n) is 6.39. The third kappa shape index (κ3) is 2.76. The molecule has 2 rings (SSSR count). The van der Waals surface area contributed by atoms with Crippen LogP contribution in [0, 0.1) is 27.7 Å². The molecule has 1 aromatic carbocycles. The van der Waals surface area contributed by atoms with Gasteiger partial charge in [0.05, 0.1) is 4.92 Å². The van der Waals surface area contributed by atoms with Crippen LogP contribution in [-0.4, -0.2) is 16.9 Å². The van der Waals surface area contributed by atoms with Gasteiger partial charge in [-0.15, -0.1) is 0 Å². The van der Waals surface area contributed by atoms with Gasteiger partial charge in [0.15, 0.2) is 0 Å². The van der Waals surface area contributed by atoms with E-state index < -0.39 is 33.7 Å². The van der Waals surface area contributed by atoms with Gasteiger partial charge >= 0.3 is 5.69 Å². The van der Waals surface area contributed by atoms with E-state index >= 15 is 0 Å². The Hall–Kier alpha value is -2.05. The number of carbonyl (C=O) groups is 1. The molecule has 0 saturated heterocycles. The minimum Gasteiger partial charge on any atom is -0.349 e. The number of rotatable bonds is 5. The van der Waals surface area contributed by atoms with E-state index in [1.54, 1.807) is 0 Å². The van der Waals surface area contributed by atoms with Crippen molar-refractivity contribution < 1.29 is 18.5 Å². The molecule has 1 saturated carbocycles. The molecular formula is C13H14F2N2O3. The average Bonchev–Trinajstić information content (AvgIpc) is 3.07. The van der Waals surface area contributed by atoms with Gasteiger partial charge < -0.3 is 5.32 Å². The Bertz CT molecular complexity index is 563. The number of carbonyl (C=O) groups excluding carboxylic acids is 1. The van der Waals surface area contributed by atoms with E-state index in [9.17, 15) is 23.7 Å². The molecule has 0 radical (unpaired) electrons. The van der Waals surface area contributed by atoms with E-state index in [0.29, 0.717) is 12.0 Å². The maximum Gasteiger partial charge on any atom is 0.305 e. The molecule has 0 spiro atoms. The van der Waals surface area contributed by atoms with Gasteiger partial charge in [0.1, 0.15) is 11.4 Å². The molecule has 108 valence electrons. The van der Waals surface area contributed by atoms with Gasteiger partial charge in [-0.25, -0.2) is 4.39 Å². The molecule has 2 atom stereocenters. The van der Waals surface area contributed by atoms with Crippen molar-refractivity contribution >= 4 is 11.6 Å². The summed E-state index contributed by atoms with van der Waals surface area (Å²) in [6.45, 7) is 2.01. The fraction of sp³-hybridized carbons (Fsp3) is 0.462. The van der Waals surface area contributed by atoms with Crippen LogP contribution < -0.4 is 5.32 Å². The molecule has 0 heterocycles. The van der Waals surface area contributed by atoms with Crippen LogP contribution in [-0.2, 0) is 0 Å². The van der Waals surface area contributed by atoms with Crippen LogP contribution in [0.1, 0.15) is 36.5 Å². The first kappa shape index (κ1) is 14.4. The normalized spacial score (nSPS) is 20.6. The number of benzene rings is 1. The standard InChI is InChI=1S/C13H14F2N2O3/c1-2-3-7-6-9(7)16-13(18)11-8(14)4-5-10(12(11)15)17(19)20/h4-5,7,9H,2-3,6H2,1H3,(H,16,18). The number of hydrogen-bond acceptors (Lipinski definition) is 3. The second-order valence-electron chi connectivity index (χ2n) is 4.88. The summed E-state index contributed by atoms with van der Waals surface area (Å²) < 4.78 is 27.3. The predicted molar refractivity (Wildman–Crippen MR) is 67.3 cm³/mol. The third-order valence-electron chi connectivity index (χ3n) is 3.39. The minimum absolute atomic E-state index is 0.0967. The van der Waals surface area contributed by atoms with Crippen LogP contribution in [0.5, 0.6) is 0 Å². The number of nitro groups is 1. The minimum atomic E-state index is -1.43. The van der Waals surface area contributed by atoms with Crippen molar-refractivity contribution in [3.63, 3.8) is 0 Å². The topological polar surface area (TPSA) is 72.2 Å². The van der Waals surface area contributed by atoms with Crippen LogP contribution in [0.2, 0.25) is 0 Å². The lowest BCUT2D eigenvalue weighted by molar-refractivity contribution is -0.387. The summed E-state index contributed by atoms with van der Waals surface area (Å²) >= 11 is 0. The van der Waals surface area contributed by atoms with Crippen molar-refractivity contribution in [3.05, 3.63) is 39.4 Å². The summed E-state index contributed by atoms with van der Waals surface area (Å²) in [5.74, 6) is -3.14. The summed E-state index contributed by atoms with van der Waals surface area (Å²) in [5, 5.41) is 13.1. The van der Waals surface area contributed by atoms with Crippen LogP contribution in [0.25, 0.3) is 0 Å². The first-order chi connectivity index (χ1) is 9.45. The molecule has 1 N–H and O–H groups in total. The summed E-state index contributed by atoms with van der Waals surface area (Å²) in [6.07, 6.45) is 2.68. The van der Waals surface area contributed by atoms with Crippen molar-refractivity contribution in [1.29, 1.82) is 0 Å². The zero-order valence-corrected chi connectivity index (χ0v) is 10.9. The molecular weight excluding hydrogens is 270 g/mol. The van der Waals surface area contributed by atoms with Crippen LogP contribution in [0.3, 0.4) is 0 Å². The molecule has 2 unspecified atom stereocenters. The Morgan fingerprint density at radius 2 is 2.20 bits per heavy atom. The van der Waals surface area contributed by atoms with Crippen LogP contribution in [0.4, 0.5) is 14.5 Å². The zero-order chi connectivity index (χ0) is 14.9. The molecule has 1 aromatic rings. The predicted octanol–water partition coefficient (Wildman–Crippen LogP) is 2.79. The van der Waals surface area contributed by atoms with E-state index in [0.717, 1.165) is 25.3 Å². The van der Waals surface area contributed by atoms with E-state index in [1.165, 1.54) is 0 Å². The van der Waals surface area contributed by atoms with Crippen LogP contribution in [0.15, 0.2) is 12.1 Å². The van der Waals surface area contributed by atoms with E-state index in [2.05, 4.69) is 5.32 Å². The summed E-state index contributed by atoms with van der Waals surface area (Å²) in [4.78, 5) is 21.5. The fourth-order valence-electron chi connectivity index (χ4n) is 2.25. The maximum absolute atomic E-state index is 13.8. The smallest absolute Gasteiger partial charge is 0.305 e. The average molecular weight is 284 g/mol. The monoisotopic (exact) mass is 284 g/mol. The molecule has 0 bridgehead atoms. The van der Waals surface area contributed by atoms with Gasteiger partial charge in [-0.3, -0.25) is 14.9 Å². The van der Waals surface area contributed by atoms with Gasteiger partial charge in [0, 0.05) is 12.1 Å².